The predicted molar refractivity (Wildman–Crippen MR) is 115 cm³/mol. The van der Waals surface area contributed by atoms with E-state index in [9.17, 15) is 26.3 Å². The molecular weight excluding hydrogens is 460 g/mol. The number of halogens is 6. The smallest absolute Gasteiger partial charge is 0.475 e. The van der Waals surface area contributed by atoms with E-state index in [0.717, 1.165) is 24.2 Å². The standard InChI is InChI=1S/C23H20F3N.C2HF3O2/c1-23(17-9-11-18(24)12-10-17)14-27-13-19(23)15-5-7-16(8-6-15)22-20(25)3-2-4-21(22)26;3-2(4,5)1(6)7/h2-12,19,27H,13-14H2,1H3;(H,6,7)/t19-,23+;/m0./s1. The van der Waals surface area contributed by atoms with E-state index in [1.807, 2.05) is 24.3 Å². The quantitative estimate of drug-likeness (QED) is 0.448. The molecular formula is C25H21F6NO2. The first kappa shape index (κ1) is 25.3. The molecule has 0 saturated carbocycles. The maximum absolute atomic E-state index is 14.0. The Hall–Kier alpha value is -3.33. The number of hydrogen-bond acceptors (Lipinski definition) is 2. The molecule has 1 aliphatic rings. The maximum atomic E-state index is 14.0. The number of carboxylic acids is 1. The molecule has 0 bridgehead atoms. The summed E-state index contributed by atoms with van der Waals surface area (Å²) in [5.74, 6) is -3.96. The Kier molecular flexibility index (Phi) is 7.35. The molecule has 3 aromatic carbocycles. The molecule has 0 aromatic heterocycles. The lowest BCUT2D eigenvalue weighted by atomic mass is 9.71. The average molecular weight is 481 g/mol. The highest BCUT2D eigenvalue weighted by molar-refractivity contribution is 5.73. The van der Waals surface area contributed by atoms with Gasteiger partial charge in [0.2, 0.25) is 0 Å². The Morgan fingerprint density at radius 2 is 1.47 bits per heavy atom. The Morgan fingerprint density at radius 3 is 1.97 bits per heavy atom. The summed E-state index contributed by atoms with van der Waals surface area (Å²) in [7, 11) is 0. The Labute approximate surface area is 192 Å². The number of carbonyl (C=O) groups is 1. The molecule has 180 valence electrons. The van der Waals surface area contributed by atoms with Gasteiger partial charge in [-0.3, -0.25) is 0 Å². The second-order valence-electron chi connectivity index (χ2n) is 8.13. The SMILES string of the molecule is C[C@]1(c2ccc(F)cc2)CNC[C@H]1c1ccc(-c2c(F)cccc2F)cc1.O=C(O)C(F)(F)F. The van der Waals surface area contributed by atoms with Crippen LogP contribution in [0.3, 0.4) is 0 Å². The van der Waals surface area contributed by atoms with Crippen molar-refractivity contribution in [3.05, 3.63) is 95.3 Å². The van der Waals surface area contributed by atoms with Crippen LogP contribution in [0, 0.1) is 17.5 Å². The van der Waals surface area contributed by atoms with Gasteiger partial charge in [0.25, 0.3) is 0 Å². The van der Waals surface area contributed by atoms with E-state index < -0.39 is 23.8 Å². The number of alkyl halides is 3. The van der Waals surface area contributed by atoms with Crippen LogP contribution in [0.4, 0.5) is 26.3 Å². The highest BCUT2D eigenvalue weighted by Crippen LogP contribution is 2.42. The summed E-state index contributed by atoms with van der Waals surface area (Å²) in [5.41, 5.74) is 2.49. The fraction of sp³-hybridized carbons (Fsp3) is 0.240. The summed E-state index contributed by atoms with van der Waals surface area (Å²) < 4.78 is 73.1. The molecule has 1 aliphatic heterocycles. The lowest BCUT2D eigenvalue weighted by Gasteiger charge is -2.31. The van der Waals surface area contributed by atoms with Crippen molar-refractivity contribution in [1.82, 2.24) is 5.32 Å². The van der Waals surface area contributed by atoms with E-state index in [-0.39, 0.29) is 22.7 Å². The van der Waals surface area contributed by atoms with Crippen molar-refractivity contribution >= 4 is 5.97 Å². The molecule has 1 saturated heterocycles. The van der Waals surface area contributed by atoms with Gasteiger partial charge in [0.15, 0.2) is 0 Å². The number of rotatable bonds is 3. The second-order valence-corrected chi connectivity index (χ2v) is 8.13. The van der Waals surface area contributed by atoms with Crippen molar-refractivity contribution in [2.45, 2.75) is 24.4 Å². The van der Waals surface area contributed by atoms with Crippen molar-refractivity contribution in [3.8, 4) is 11.1 Å². The summed E-state index contributed by atoms with van der Waals surface area (Å²) in [6.07, 6.45) is -5.08. The lowest BCUT2D eigenvalue weighted by molar-refractivity contribution is -0.192. The van der Waals surface area contributed by atoms with Gasteiger partial charge >= 0.3 is 12.1 Å². The zero-order valence-electron chi connectivity index (χ0n) is 18.0. The second kappa shape index (κ2) is 9.89. The third-order valence-corrected chi connectivity index (χ3v) is 5.92. The van der Waals surface area contributed by atoms with Crippen LogP contribution in [0.5, 0.6) is 0 Å². The Bertz CT molecular complexity index is 1130. The number of carboxylic acid groups (broad SMARTS) is 1. The van der Waals surface area contributed by atoms with Gasteiger partial charge in [-0.15, -0.1) is 0 Å². The first-order chi connectivity index (χ1) is 15.9. The van der Waals surface area contributed by atoms with Crippen LogP contribution in [0.1, 0.15) is 24.0 Å². The van der Waals surface area contributed by atoms with E-state index in [2.05, 4.69) is 12.2 Å². The summed E-state index contributed by atoms with van der Waals surface area (Å²) in [5, 5.41) is 10.6. The third kappa shape index (κ3) is 5.41. The largest absolute Gasteiger partial charge is 0.490 e. The molecule has 0 unspecified atom stereocenters. The van der Waals surface area contributed by atoms with Crippen LogP contribution < -0.4 is 5.32 Å². The van der Waals surface area contributed by atoms with Crippen molar-refractivity contribution in [3.63, 3.8) is 0 Å². The predicted octanol–water partition coefficient (Wildman–Crippen LogP) is 6.05. The molecule has 0 amide bonds. The Balaban J connectivity index is 0.000000406. The molecule has 4 rings (SSSR count). The van der Waals surface area contributed by atoms with Crippen LogP contribution in [0.15, 0.2) is 66.7 Å². The first-order valence-corrected chi connectivity index (χ1v) is 10.2. The molecule has 34 heavy (non-hydrogen) atoms. The molecule has 3 aromatic rings. The van der Waals surface area contributed by atoms with Crippen LogP contribution in [0.25, 0.3) is 11.1 Å². The van der Waals surface area contributed by atoms with Crippen LogP contribution in [0.2, 0.25) is 0 Å². The van der Waals surface area contributed by atoms with Gasteiger partial charge in [0.05, 0.1) is 5.56 Å². The minimum absolute atomic E-state index is 0.00473. The third-order valence-electron chi connectivity index (χ3n) is 5.92. The van der Waals surface area contributed by atoms with Crippen molar-refractivity contribution < 1.29 is 36.2 Å². The van der Waals surface area contributed by atoms with Gasteiger partial charge in [0, 0.05) is 24.4 Å². The maximum Gasteiger partial charge on any atom is 0.490 e. The average Bonchev–Trinajstić information content (AvgIpc) is 3.17. The minimum atomic E-state index is -5.08. The highest BCUT2D eigenvalue weighted by atomic mass is 19.4. The zero-order valence-corrected chi connectivity index (χ0v) is 18.0. The van der Waals surface area contributed by atoms with Crippen molar-refractivity contribution in [2.75, 3.05) is 13.1 Å². The monoisotopic (exact) mass is 481 g/mol. The normalized spacial score (nSPS) is 19.9. The van der Waals surface area contributed by atoms with Gasteiger partial charge in [0.1, 0.15) is 17.5 Å². The van der Waals surface area contributed by atoms with E-state index in [1.165, 1.54) is 30.3 Å². The Morgan fingerprint density at radius 1 is 0.941 bits per heavy atom. The first-order valence-electron chi connectivity index (χ1n) is 10.2. The molecule has 0 aliphatic carbocycles. The number of hydrogen-bond donors (Lipinski definition) is 2. The van der Waals surface area contributed by atoms with Gasteiger partial charge in [-0.05, 0) is 41.0 Å². The number of benzene rings is 3. The molecule has 3 nitrogen and oxygen atoms in total. The van der Waals surface area contributed by atoms with Gasteiger partial charge in [-0.25, -0.2) is 18.0 Å². The fourth-order valence-corrected chi connectivity index (χ4v) is 4.10. The van der Waals surface area contributed by atoms with Crippen molar-refractivity contribution in [2.24, 2.45) is 0 Å². The van der Waals surface area contributed by atoms with Crippen LogP contribution >= 0.6 is 0 Å². The van der Waals surface area contributed by atoms with E-state index in [1.54, 1.807) is 12.1 Å². The molecule has 2 N–H and O–H groups in total. The number of aliphatic carboxylic acids is 1. The summed E-state index contributed by atoms with van der Waals surface area (Å²) >= 11 is 0. The van der Waals surface area contributed by atoms with E-state index in [0.29, 0.717) is 5.56 Å². The highest BCUT2D eigenvalue weighted by Gasteiger charge is 2.41. The van der Waals surface area contributed by atoms with Gasteiger partial charge < -0.3 is 10.4 Å². The molecule has 2 atom stereocenters. The zero-order chi connectivity index (χ0) is 25.1. The van der Waals surface area contributed by atoms with E-state index in [4.69, 9.17) is 9.90 Å². The van der Waals surface area contributed by atoms with Crippen LogP contribution in [-0.4, -0.2) is 30.3 Å². The summed E-state index contributed by atoms with van der Waals surface area (Å²) in [6, 6.07) is 17.9. The topological polar surface area (TPSA) is 49.3 Å². The van der Waals surface area contributed by atoms with Gasteiger partial charge in [-0.2, -0.15) is 13.2 Å². The minimum Gasteiger partial charge on any atom is -0.475 e. The molecule has 0 radical (unpaired) electrons. The van der Waals surface area contributed by atoms with Crippen LogP contribution in [-0.2, 0) is 10.2 Å². The van der Waals surface area contributed by atoms with Crippen molar-refractivity contribution in [1.29, 1.82) is 0 Å². The fourth-order valence-electron chi connectivity index (χ4n) is 4.10. The molecule has 1 fully saturated rings. The lowest BCUT2D eigenvalue weighted by Crippen LogP contribution is -2.30. The summed E-state index contributed by atoms with van der Waals surface area (Å²) in [6.45, 7) is 3.74. The number of nitrogens with one attached hydrogen (secondary N) is 1. The van der Waals surface area contributed by atoms with E-state index >= 15 is 0 Å². The summed E-state index contributed by atoms with van der Waals surface area (Å²) in [4.78, 5) is 8.90. The molecule has 9 heteroatoms. The van der Waals surface area contributed by atoms with Gasteiger partial charge in [-0.1, -0.05) is 49.4 Å². The molecule has 0 spiro atoms. The molecule has 1 heterocycles.